The first-order valence-corrected chi connectivity index (χ1v) is 11.4. The number of aromatic nitrogens is 1. The number of anilines is 2. The van der Waals surface area contributed by atoms with Gasteiger partial charge in [-0.05, 0) is 61.1 Å². The number of aryl methyl sites for hydroxylation is 1. The van der Waals surface area contributed by atoms with E-state index in [-0.39, 0.29) is 18.5 Å². The molecule has 1 amide bonds. The lowest BCUT2D eigenvalue weighted by Crippen LogP contribution is -2.22. The molecule has 2 bridgehead atoms. The number of carbonyl (C=O) groups excluding carboxylic acids is 2. The van der Waals surface area contributed by atoms with Crippen LogP contribution in [0.1, 0.15) is 57.2 Å². The number of ether oxygens (including phenoxy) is 1. The van der Waals surface area contributed by atoms with Crippen LogP contribution in [-0.2, 0) is 27.4 Å². The van der Waals surface area contributed by atoms with E-state index in [2.05, 4.69) is 11.9 Å². The number of fused-ring (bicyclic) bond motifs is 2. The van der Waals surface area contributed by atoms with Crippen molar-refractivity contribution in [2.24, 2.45) is 17.8 Å². The molecular weight excluding hydrogens is 384 g/mol. The molecule has 4 rings (SSSR count). The van der Waals surface area contributed by atoms with Crippen LogP contribution >= 0.6 is 11.3 Å². The highest BCUT2D eigenvalue weighted by molar-refractivity contribution is 7.14. The van der Waals surface area contributed by atoms with Crippen LogP contribution in [0.4, 0.5) is 10.8 Å². The summed E-state index contributed by atoms with van der Waals surface area (Å²) in [5.74, 6) is 1.84. The van der Waals surface area contributed by atoms with Crippen LogP contribution in [-0.4, -0.2) is 16.9 Å². The zero-order valence-corrected chi connectivity index (χ0v) is 17.9. The molecule has 0 saturated heterocycles. The molecule has 0 unspecified atom stereocenters. The van der Waals surface area contributed by atoms with Crippen molar-refractivity contribution in [2.45, 2.75) is 59.0 Å². The molecule has 154 valence electrons. The first-order chi connectivity index (χ1) is 14.0. The molecule has 1 heterocycles. The van der Waals surface area contributed by atoms with Gasteiger partial charge < -0.3 is 4.74 Å². The molecule has 2 aromatic rings. The largest absolute Gasteiger partial charge is 0.459 e. The van der Waals surface area contributed by atoms with Crippen molar-refractivity contribution in [3.63, 3.8) is 0 Å². The Bertz CT molecular complexity index is 877. The number of amides is 1. The van der Waals surface area contributed by atoms with Crippen LogP contribution in [0.25, 0.3) is 0 Å². The first kappa shape index (κ1) is 20.1. The minimum absolute atomic E-state index is 0.0940. The Morgan fingerprint density at radius 2 is 2.00 bits per heavy atom. The molecule has 1 aromatic heterocycles. The lowest BCUT2D eigenvalue weighted by atomic mass is 9.86. The third kappa shape index (κ3) is 4.53. The highest BCUT2D eigenvalue weighted by Gasteiger charge is 2.40. The van der Waals surface area contributed by atoms with Gasteiger partial charge in [0.15, 0.2) is 5.13 Å². The van der Waals surface area contributed by atoms with Crippen molar-refractivity contribution in [1.82, 2.24) is 4.98 Å². The van der Waals surface area contributed by atoms with Crippen molar-refractivity contribution in [3.8, 4) is 0 Å². The van der Waals surface area contributed by atoms with Crippen molar-refractivity contribution in [1.29, 1.82) is 0 Å². The standard InChI is InChI=1S/C23H28N2O3S/c1-3-16-5-8-21(9-6-16)25(15(2)26)23-24-20(14-29-23)13-28-22(27)12-19-11-17-4-7-18(19)10-17/h5-6,8-9,14,17-19H,3-4,7,10-13H2,1-2H3/t17-,18-,19+/m1/s1. The first-order valence-electron chi connectivity index (χ1n) is 10.5. The minimum Gasteiger partial charge on any atom is -0.459 e. The molecule has 2 aliphatic rings. The predicted octanol–water partition coefficient (Wildman–Crippen LogP) is 5.26. The monoisotopic (exact) mass is 412 g/mol. The Morgan fingerprint density at radius 3 is 2.62 bits per heavy atom. The highest BCUT2D eigenvalue weighted by Crippen LogP contribution is 2.49. The zero-order chi connectivity index (χ0) is 20.4. The summed E-state index contributed by atoms with van der Waals surface area (Å²) >= 11 is 1.39. The molecule has 6 heteroatoms. The van der Waals surface area contributed by atoms with Crippen molar-refractivity contribution in [3.05, 3.63) is 40.9 Å². The molecule has 29 heavy (non-hydrogen) atoms. The van der Waals surface area contributed by atoms with Gasteiger partial charge in [0.05, 0.1) is 11.4 Å². The molecule has 0 radical (unpaired) electrons. The molecule has 2 aliphatic carbocycles. The predicted molar refractivity (Wildman–Crippen MR) is 114 cm³/mol. The van der Waals surface area contributed by atoms with E-state index in [9.17, 15) is 9.59 Å². The van der Waals surface area contributed by atoms with Crippen LogP contribution in [0.3, 0.4) is 0 Å². The summed E-state index contributed by atoms with van der Waals surface area (Å²) in [5.41, 5.74) is 2.70. The highest BCUT2D eigenvalue weighted by atomic mass is 32.1. The van der Waals surface area contributed by atoms with Gasteiger partial charge in [-0.25, -0.2) is 4.98 Å². The summed E-state index contributed by atoms with van der Waals surface area (Å²) in [7, 11) is 0. The maximum atomic E-state index is 12.3. The summed E-state index contributed by atoms with van der Waals surface area (Å²) in [6.07, 6.45) is 6.58. The topological polar surface area (TPSA) is 59.5 Å². The molecule has 2 fully saturated rings. The number of benzene rings is 1. The van der Waals surface area contributed by atoms with Crippen LogP contribution in [0.2, 0.25) is 0 Å². The molecule has 0 N–H and O–H groups in total. The second kappa shape index (κ2) is 8.66. The number of thiazole rings is 1. The number of hydrogen-bond donors (Lipinski definition) is 0. The molecular formula is C23H28N2O3S. The maximum absolute atomic E-state index is 12.3. The molecule has 0 aliphatic heterocycles. The van der Waals surface area contributed by atoms with Crippen molar-refractivity contribution in [2.75, 3.05) is 4.90 Å². The van der Waals surface area contributed by atoms with Gasteiger partial charge in [-0.15, -0.1) is 11.3 Å². The maximum Gasteiger partial charge on any atom is 0.306 e. The van der Waals surface area contributed by atoms with Gasteiger partial charge in [0.1, 0.15) is 6.61 Å². The SMILES string of the molecule is CCc1ccc(N(C(C)=O)c2nc(COC(=O)C[C@@H]3C[C@@H]4CC[C@@H]3C4)cs2)cc1. The van der Waals surface area contributed by atoms with E-state index in [1.54, 1.807) is 4.90 Å². The number of hydrogen-bond acceptors (Lipinski definition) is 5. The molecule has 3 atom stereocenters. The van der Waals surface area contributed by atoms with E-state index >= 15 is 0 Å². The third-order valence-electron chi connectivity index (χ3n) is 6.34. The Kier molecular flexibility index (Phi) is 5.99. The third-order valence-corrected chi connectivity index (χ3v) is 7.22. The van der Waals surface area contributed by atoms with Crippen LogP contribution in [0.15, 0.2) is 29.6 Å². The Hall–Kier alpha value is -2.21. The fourth-order valence-corrected chi connectivity index (χ4v) is 5.70. The number of rotatable bonds is 7. The molecule has 2 saturated carbocycles. The van der Waals surface area contributed by atoms with Gasteiger partial charge in [0, 0.05) is 18.7 Å². The molecule has 0 spiro atoms. The summed E-state index contributed by atoms with van der Waals surface area (Å²) in [6.45, 7) is 3.80. The van der Waals surface area contributed by atoms with Crippen LogP contribution < -0.4 is 4.90 Å². The van der Waals surface area contributed by atoms with Gasteiger partial charge in [-0.1, -0.05) is 25.5 Å². The van der Waals surface area contributed by atoms with Gasteiger partial charge in [0.25, 0.3) is 0 Å². The molecule has 1 aromatic carbocycles. The second-order valence-corrected chi connectivity index (χ2v) is 9.13. The van der Waals surface area contributed by atoms with E-state index in [0.717, 1.165) is 23.9 Å². The van der Waals surface area contributed by atoms with Crippen LogP contribution in [0, 0.1) is 17.8 Å². The van der Waals surface area contributed by atoms with E-state index in [1.165, 1.54) is 49.5 Å². The lowest BCUT2D eigenvalue weighted by molar-refractivity contribution is -0.146. The fraction of sp³-hybridized carbons (Fsp3) is 0.522. The summed E-state index contributed by atoms with van der Waals surface area (Å²) in [4.78, 5) is 30.6. The van der Waals surface area contributed by atoms with Crippen LogP contribution in [0.5, 0.6) is 0 Å². The Balaban J connectivity index is 1.36. The number of nitrogens with zero attached hydrogens (tertiary/aromatic N) is 2. The quantitative estimate of drug-likeness (QED) is 0.582. The van der Waals surface area contributed by atoms with Gasteiger partial charge >= 0.3 is 5.97 Å². The van der Waals surface area contributed by atoms with E-state index in [4.69, 9.17) is 4.74 Å². The normalized spacial score (nSPS) is 22.6. The van der Waals surface area contributed by atoms with Crippen molar-refractivity contribution < 1.29 is 14.3 Å². The lowest BCUT2D eigenvalue weighted by Gasteiger charge is -2.20. The summed E-state index contributed by atoms with van der Waals surface area (Å²) in [5, 5.41) is 2.46. The number of carbonyl (C=O) groups is 2. The Morgan fingerprint density at radius 1 is 1.21 bits per heavy atom. The van der Waals surface area contributed by atoms with Gasteiger partial charge in [-0.2, -0.15) is 0 Å². The second-order valence-electron chi connectivity index (χ2n) is 8.30. The van der Waals surface area contributed by atoms with E-state index in [1.807, 2.05) is 29.6 Å². The average molecular weight is 413 g/mol. The average Bonchev–Trinajstić information content (AvgIpc) is 3.44. The van der Waals surface area contributed by atoms with Crippen molar-refractivity contribution >= 4 is 34.0 Å². The Labute approximate surface area is 176 Å². The fourth-order valence-electron chi connectivity index (χ4n) is 4.83. The van der Waals surface area contributed by atoms with Gasteiger partial charge in [0.2, 0.25) is 5.91 Å². The minimum atomic E-state index is -0.129. The summed E-state index contributed by atoms with van der Waals surface area (Å²) < 4.78 is 5.49. The number of esters is 1. The molecule has 5 nitrogen and oxygen atoms in total. The zero-order valence-electron chi connectivity index (χ0n) is 17.1. The summed E-state index contributed by atoms with van der Waals surface area (Å²) in [6, 6.07) is 7.93. The smallest absolute Gasteiger partial charge is 0.306 e. The van der Waals surface area contributed by atoms with Gasteiger partial charge in [-0.3, -0.25) is 14.5 Å². The van der Waals surface area contributed by atoms with E-state index < -0.39 is 0 Å². The van der Waals surface area contributed by atoms with E-state index in [0.29, 0.717) is 23.2 Å².